The van der Waals surface area contributed by atoms with Gasteiger partial charge in [0.25, 0.3) is 0 Å². The molecule has 0 aromatic heterocycles. The molecule has 0 aliphatic carbocycles. The summed E-state index contributed by atoms with van der Waals surface area (Å²) in [5.41, 5.74) is 2.04. The van der Waals surface area contributed by atoms with Crippen molar-refractivity contribution in [3.63, 3.8) is 0 Å². The second kappa shape index (κ2) is 7.92. The van der Waals surface area contributed by atoms with Crippen molar-refractivity contribution in [2.75, 3.05) is 25.6 Å². The van der Waals surface area contributed by atoms with Gasteiger partial charge in [-0.2, -0.15) is 0 Å². The van der Waals surface area contributed by atoms with Crippen LogP contribution in [-0.2, 0) is 9.53 Å². The minimum Gasteiger partial charge on any atom is -0.383 e. The number of hydrogen-bond donors (Lipinski definition) is 2. The van der Waals surface area contributed by atoms with Gasteiger partial charge in [-0.3, -0.25) is 4.79 Å². The van der Waals surface area contributed by atoms with Crippen molar-refractivity contribution in [2.45, 2.75) is 32.7 Å². The monoisotopic (exact) mass is 264 g/mol. The molecule has 1 atom stereocenters. The van der Waals surface area contributed by atoms with Crippen molar-refractivity contribution < 1.29 is 9.53 Å². The Morgan fingerprint density at radius 1 is 1.26 bits per heavy atom. The molecule has 1 rings (SSSR count). The number of methoxy groups -OCH3 is 1. The van der Waals surface area contributed by atoms with E-state index >= 15 is 0 Å². The van der Waals surface area contributed by atoms with E-state index in [-0.39, 0.29) is 11.9 Å². The summed E-state index contributed by atoms with van der Waals surface area (Å²) in [4.78, 5) is 12.1. The van der Waals surface area contributed by atoms with Gasteiger partial charge in [0, 0.05) is 19.3 Å². The van der Waals surface area contributed by atoms with E-state index in [0.717, 1.165) is 11.3 Å². The van der Waals surface area contributed by atoms with E-state index in [1.54, 1.807) is 7.11 Å². The Kier molecular flexibility index (Phi) is 6.53. The maximum absolute atomic E-state index is 12.1. The zero-order chi connectivity index (χ0) is 14.3. The highest BCUT2D eigenvalue weighted by Crippen LogP contribution is 2.23. The molecule has 1 unspecified atom stereocenters. The van der Waals surface area contributed by atoms with E-state index < -0.39 is 0 Å². The van der Waals surface area contributed by atoms with Crippen LogP contribution in [0.5, 0.6) is 0 Å². The molecular weight excluding hydrogens is 240 g/mol. The Balaban J connectivity index is 2.61. The van der Waals surface area contributed by atoms with Crippen molar-refractivity contribution in [2.24, 2.45) is 0 Å². The molecule has 0 radical (unpaired) electrons. The van der Waals surface area contributed by atoms with Crippen molar-refractivity contribution in [3.05, 3.63) is 29.8 Å². The van der Waals surface area contributed by atoms with Gasteiger partial charge in [-0.05, 0) is 24.5 Å². The Bertz CT molecular complexity index is 405. The number of para-hydroxylation sites is 1. The van der Waals surface area contributed by atoms with Crippen molar-refractivity contribution in [1.29, 1.82) is 0 Å². The van der Waals surface area contributed by atoms with Gasteiger partial charge in [-0.15, -0.1) is 0 Å². The molecule has 1 amide bonds. The lowest BCUT2D eigenvalue weighted by molar-refractivity contribution is -0.117. The number of benzene rings is 1. The second-order valence-corrected chi connectivity index (χ2v) is 4.90. The van der Waals surface area contributed by atoms with Gasteiger partial charge in [0.1, 0.15) is 0 Å². The van der Waals surface area contributed by atoms with Crippen LogP contribution in [0.4, 0.5) is 5.69 Å². The largest absolute Gasteiger partial charge is 0.383 e. The Morgan fingerprint density at radius 2 is 1.95 bits per heavy atom. The molecule has 1 aromatic rings. The first-order valence-electron chi connectivity index (χ1n) is 6.68. The molecule has 1 aromatic carbocycles. The fourth-order valence-electron chi connectivity index (χ4n) is 1.83. The highest BCUT2D eigenvalue weighted by atomic mass is 16.5. The van der Waals surface area contributed by atoms with Gasteiger partial charge in [0.15, 0.2) is 0 Å². The number of hydrogen-bond acceptors (Lipinski definition) is 3. The maximum Gasteiger partial charge on any atom is 0.241 e. The van der Waals surface area contributed by atoms with E-state index in [1.165, 1.54) is 0 Å². The van der Waals surface area contributed by atoms with Crippen LogP contribution in [0.1, 0.15) is 32.3 Å². The molecule has 106 valence electrons. The Labute approximate surface area is 115 Å². The van der Waals surface area contributed by atoms with Crippen molar-refractivity contribution in [3.8, 4) is 0 Å². The molecule has 0 heterocycles. The van der Waals surface area contributed by atoms with E-state index in [1.807, 2.05) is 31.2 Å². The number of carbonyl (C=O) groups excluding carboxylic acids is 1. The van der Waals surface area contributed by atoms with E-state index in [4.69, 9.17) is 4.74 Å². The summed E-state index contributed by atoms with van der Waals surface area (Å²) >= 11 is 0. The van der Waals surface area contributed by atoms with Crippen LogP contribution < -0.4 is 10.6 Å². The third kappa shape index (κ3) is 5.01. The number of carbonyl (C=O) groups is 1. The Morgan fingerprint density at radius 3 is 2.58 bits per heavy atom. The van der Waals surface area contributed by atoms with Crippen LogP contribution in [0.25, 0.3) is 0 Å². The van der Waals surface area contributed by atoms with E-state index in [0.29, 0.717) is 19.1 Å². The summed E-state index contributed by atoms with van der Waals surface area (Å²) in [6, 6.07) is 7.67. The molecule has 2 N–H and O–H groups in total. The summed E-state index contributed by atoms with van der Waals surface area (Å²) in [6.07, 6.45) is 0. The predicted molar refractivity (Wildman–Crippen MR) is 78.5 cm³/mol. The van der Waals surface area contributed by atoms with Crippen LogP contribution in [-0.4, -0.2) is 32.2 Å². The smallest absolute Gasteiger partial charge is 0.241 e. The molecule has 4 nitrogen and oxygen atoms in total. The Hall–Kier alpha value is -1.39. The number of rotatable bonds is 7. The molecular formula is C15H24N2O2. The second-order valence-electron chi connectivity index (χ2n) is 4.90. The van der Waals surface area contributed by atoms with Crippen LogP contribution >= 0.6 is 0 Å². The van der Waals surface area contributed by atoms with Crippen LogP contribution in [0.3, 0.4) is 0 Å². The molecule has 0 saturated carbocycles. The number of ether oxygens (including phenoxy) is 1. The minimum atomic E-state index is -0.240. The third-order valence-electron chi connectivity index (χ3n) is 2.99. The number of nitrogens with one attached hydrogen (secondary N) is 2. The topological polar surface area (TPSA) is 50.4 Å². The van der Waals surface area contributed by atoms with Crippen molar-refractivity contribution in [1.82, 2.24) is 5.32 Å². The molecule has 0 aliphatic rings. The first-order chi connectivity index (χ1) is 9.06. The SMILES string of the molecule is COCCNC(C)C(=O)Nc1ccccc1C(C)C. The molecule has 19 heavy (non-hydrogen) atoms. The van der Waals surface area contributed by atoms with Gasteiger partial charge in [-0.1, -0.05) is 32.0 Å². The zero-order valence-electron chi connectivity index (χ0n) is 12.2. The predicted octanol–water partition coefficient (Wildman–Crippen LogP) is 2.37. The quantitative estimate of drug-likeness (QED) is 0.743. The summed E-state index contributed by atoms with van der Waals surface area (Å²) < 4.78 is 4.95. The maximum atomic E-state index is 12.1. The molecule has 0 bridgehead atoms. The first-order valence-corrected chi connectivity index (χ1v) is 6.68. The standard InChI is InChI=1S/C15H24N2O2/c1-11(2)13-7-5-6-8-14(13)17-15(18)12(3)16-9-10-19-4/h5-8,11-12,16H,9-10H2,1-4H3,(H,17,18). The molecule has 0 spiro atoms. The summed E-state index contributed by atoms with van der Waals surface area (Å²) in [7, 11) is 1.64. The van der Waals surface area contributed by atoms with Crippen LogP contribution in [0.15, 0.2) is 24.3 Å². The van der Waals surface area contributed by atoms with Gasteiger partial charge >= 0.3 is 0 Å². The number of amides is 1. The molecule has 0 fully saturated rings. The fraction of sp³-hybridized carbons (Fsp3) is 0.533. The highest BCUT2D eigenvalue weighted by molar-refractivity contribution is 5.95. The zero-order valence-corrected chi connectivity index (χ0v) is 12.2. The lowest BCUT2D eigenvalue weighted by Crippen LogP contribution is -2.39. The lowest BCUT2D eigenvalue weighted by Gasteiger charge is -2.17. The van der Waals surface area contributed by atoms with Gasteiger partial charge in [0.05, 0.1) is 12.6 Å². The summed E-state index contributed by atoms with van der Waals surface area (Å²) in [5, 5.41) is 6.09. The van der Waals surface area contributed by atoms with E-state index in [9.17, 15) is 4.79 Å². The fourth-order valence-corrected chi connectivity index (χ4v) is 1.83. The average Bonchev–Trinajstić information content (AvgIpc) is 2.39. The molecule has 0 aliphatic heterocycles. The van der Waals surface area contributed by atoms with Crippen LogP contribution in [0, 0.1) is 0 Å². The van der Waals surface area contributed by atoms with Gasteiger partial charge < -0.3 is 15.4 Å². The minimum absolute atomic E-state index is 0.0239. The van der Waals surface area contributed by atoms with E-state index in [2.05, 4.69) is 24.5 Å². The van der Waals surface area contributed by atoms with Gasteiger partial charge in [-0.25, -0.2) is 0 Å². The average molecular weight is 264 g/mol. The lowest BCUT2D eigenvalue weighted by atomic mass is 10.0. The number of anilines is 1. The molecule has 4 heteroatoms. The molecule has 0 saturated heterocycles. The normalized spacial score (nSPS) is 12.5. The van der Waals surface area contributed by atoms with Crippen LogP contribution in [0.2, 0.25) is 0 Å². The third-order valence-corrected chi connectivity index (χ3v) is 2.99. The van der Waals surface area contributed by atoms with Gasteiger partial charge in [0.2, 0.25) is 5.91 Å². The summed E-state index contributed by atoms with van der Waals surface area (Å²) in [5.74, 6) is 0.359. The highest BCUT2D eigenvalue weighted by Gasteiger charge is 2.14. The summed E-state index contributed by atoms with van der Waals surface area (Å²) in [6.45, 7) is 7.34. The first kappa shape index (κ1) is 15.7. The van der Waals surface area contributed by atoms with Crippen molar-refractivity contribution >= 4 is 11.6 Å².